The fourth-order valence-corrected chi connectivity index (χ4v) is 2.89. The van der Waals surface area contributed by atoms with Gasteiger partial charge in [-0.1, -0.05) is 6.07 Å². The van der Waals surface area contributed by atoms with Crippen molar-refractivity contribution in [1.82, 2.24) is 4.90 Å². The Hall–Kier alpha value is -2.52. The smallest absolute Gasteiger partial charge is 0.422 e. The monoisotopic (exact) mass is 407 g/mol. The molecule has 0 bridgehead atoms. The molecule has 0 unspecified atom stereocenters. The molecule has 10 heteroatoms. The van der Waals surface area contributed by atoms with Crippen LogP contribution in [0.5, 0.6) is 11.5 Å². The second-order valence-corrected chi connectivity index (χ2v) is 6.41. The van der Waals surface area contributed by atoms with Crippen molar-refractivity contribution in [2.24, 2.45) is 0 Å². The van der Waals surface area contributed by atoms with Crippen molar-refractivity contribution >= 4 is 11.9 Å². The van der Waals surface area contributed by atoms with Crippen molar-refractivity contribution in [2.45, 2.75) is 31.1 Å². The zero-order valence-corrected chi connectivity index (χ0v) is 15.5. The minimum absolute atomic E-state index is 0.0448. The molecule has 28 heavy (non-hydrogen) atoms. The number of hydrogen-bond donors (Lipinski definition) is 0. The van der Waals surface area contributed by atoms with E-state index in [4.69, 9.17) is 9.47 Å². The van der Waals surface area contributed by atoms with E-state index in [1.807, 2.05) is 0 Å². The third kappa shape index (κ3) is 5.49. The van der Waals surface area contributed by atoms with Crippen molar-refractivity contribution in [2.75, 3.05) is 33.9 Å². The van der Waals surface area contributed by atoms with Crippen LogP contribution in [-0.4, -0.2) is 62.5 Å². The summed E-state index contributed by atoms with van der Waals surface area (Å²) in [4.78, 5) is 25.0. The largest absolute Gasteiger partial charge is 0.493 e. The molecule has 0 saturated carbocycles. The van der Waals surface area contributed by atoms with Crippen LogP contribution in [0.2, 0.25) is 0 Å². The van der Waals surface area contributed by atoms with Gasteiger partial charge in [0.15, 0.2) is 18.1 Å². The van der Waals surface area contributed by atoms with Crippen LogP contribution in [0.1, 0.15) is 18.4 Å². The van der Waals surface area contributed by atoms with Crippen LogP contribution < -0.4 is 9.47 Å². The molecule has 0 radical (unpaired) electrons. The molecule has 1 atom stereocenters. The van der Waals surface area contributed by atoms with Gasteiger partial charge in [0, 0.05) is 19.4 Å². The fourth-order valence-electron chi connectivity index (χ4n) is 2.89. The van der Waals surface area contributed by atoms with Gasteiger partial charge < -0.3 is 19.1 Å². The van der Waals surface area contributed by atoms with Crippen LogP contribution in [0.15, 0.2) is 18.2 Å². The molecular weight excluding hydrogens is 386 g/mol. The fraction of sp³-hybridized carbons (Fsp3) is 0.556. The summed E-state index contributed by atoms with van der Waals surface area (Å²) in [6.07, 6.45) is -4.28. The number of esters is 1. The summed E-state index contributed by atoms with van der Waals surface area (Å²) in [6.45, 7) is -1.69. The Kier molecular flexibility index (Phi) is 6.73. The first-order chi connectivity index (χ1) is 13.1. The van der Waals surface area contributed by atoms with E-state index in [1.54, 1.807) is 0 Å². The molecule has 156 valence electrons. The van der Waals surface area contributed by atoms with Crippen LogP contribution in [0.3, 0.4) is 0 Å². The molecular formula is C18H21F4NO5. The number of carbonyl (C=O) groups is 2. The van der Waals surface area contributed by atoms with E-state index in [9.17, 15) is 27.2 Å². The summed E-state index contributed by atoms with van der Waals surface area (Å²) in [5.74, 6) is -1.28. The number of amides is 1. The number of alkyl halides is 4. The molecule has 0 spiro atoms. The molecule has 1 aliphatic rings. The minimum atomic E-state index is -4.47. The van der Waals surface area contributed by atoms with Gasteiger partial charge in [0.2, 0.25) is 11.6 Å². The number of ether oxygens (including phenoxy) is 3. The Morgan fingerprint density at radius 1 is 1.21 bits per heavy atom. The molecule has 0 N–H and O–H groups in total. The highest BCUT2D eigenvalue weighted by molar-refractivity contribution is 5.83. The average molecular weight is 407 g/mol. The third-order valence-corrected chi connectivity index (χ3v) is 4.37. The molecule has 1 aliphatic heterocycles. The second kappa shape index (κ2) is 8.66. The summed E-state index contributed by atoms with van der Waals surface area (Å²) in [5.41, 5.74) is -1.55. The lowest BCUT2D eigenvalue weighted by Gasteiger charge is -2.19. The third-order valence-electron chi connectivity index (χ3n) is 4.37. The van der Waals surface area contributed by atoms with Gasteiger partial charge in [0.05, 0.1) is 20.8 Å². The topological polar surface area (TPSA) is 65.1 Å². The zero-order chi connectivity index (χ0) is 20.9. The average Bonchev–Trinajstić information content (AvgIpc) is 3.06. The number of rotatable bonds is 7. The summed E-state index contributed by atoms with van der Waals surface area (Å²) >= 11 is 0. The van der Waals surface area contributed by atoms with Crippen LogP contribution in [-0.2, 0) is 20.7 Å². The van der Waals surface area contributed by atoms with E-state index < -0.39 is 24.4 Å². The van der Waals surface area contributed by atoms with E-state index in [0.717, 1.165) is 7.11 Å². The standard InChI is InChI=1S/C18H21F4NO5/c1-26-14-9-12(3-5-13(14)28-11-18(20,21)22)4-6-15(24)23-8-7-17(19,10-23)16(25)27-2/h3,5,9H,4,6-8,10-11H2,1-2H3/t17-/m1/s1. The summed E-state index contributed by atoms with van der Waals surface area (Å²) < 4.78 is 65.4. The predicted octanol–water partition coefficient (Wildman–Crippen LogP) is 2.68. The normalized spacial score (nSPS) is 19.4. The molecule has 2 rings (SSSR count). The number of aryl methyl sites for hydroxylation is 1. The molecule has 6 nitrogen and oxygen atoms in total. The quantitative estimate of drug-likeness (QED) is 0.514. The van der Waals surface area contributed by atoms with E-state index in [2.05, 4.69) is 4.74 Å². The van der Waals surface area contributed by atoms with Crippen molar-refractivity contribution in [1.29, 1.82) is 0 Å². The summed E-state index contributed by atoms with van der Waals surface area (Å²) in [7, 11) is 2.38. The van der Waals surface area contributed by atoms with Gasteiger partial charge in [-0.15, -0.1) is 0 Å². The lowest BCUT2D eigenvalue weighted by Crippen LogP contribution is -2.39. The maximum Gasteiger partial charge on any atom is 0.422 e. The molecule has 0 aromatic heterocycles. The van der Waals surface area contributed by atoms with E-state index in [1.165, 1.54) is 30.2 Å². The van der Waals surface area contributed by atoms with Crippen molar-refractivity contribution < 1.29 is 41.4 Å². The van der Waals surface area contributed by atoms with Gasteiger partial charge >= 0.3 is 12.1 Å². The van der Waals surface area contributed by atoms with Crippen molar-refractivity contribution in [3.63, 3.8) is 0 Å². The SMILES string of the molecule is COC(=O)[C@@]1(F)CCN(C(=O)CCc2ccc(OCC(F)(F)F)c(OC)c2)C1. The van der Waals surface area contributed by atoms with E-state index in [0.29, 0.717) is 5.56 Å². The molecule has 1 aromatic carbocycles. The lowest BCUT2D eigenvalue weighted by molar-refractivity contribution is -0.154. The van der Waals surface area contributed by atoms with Crippen LogP contribution in [0.25, 0.3) is 0 Å². The highest BCUT2D eigenvalue weighted by atomic mass is 19.4. The number of carbonyl (C=O) groups excluding carboxylic acids is 2. The highest BCUT2D eigenvalue weighted by Crippen LogP contribution is 2.31. The molecule has 0 aliphatic carbocycles. The Bertz CT molecular complexity index is 724. The summed E-state index contributed by atoms with van der Waals surface area (Å²) in [5, 5.41) is 0. The van der Waals surface area contributed by atoms with Gasteiger partial charge in [-0.05, 0) is 24.1 Å². The number of halogens is 4. The Morgan fingerprint density at radius 2 is 1.93 bits per heavy atom. The van der Waals surface area contributed by atoms with Crippen LogP contribution in [0, 0.1) is 0 Å². The molecule has 1 amide bonds. The first-order valence-corrected chi connectivity index (χ1v) is 8.49. The Labute approximate surface area is 159 Å². The summed E-state index contributed by atoms with van der Waals surface area (Å²) in [6, 6.07) is 4.35. The van der Waals surface area contributed by atoms with Gasteiger partial charge in [0.25, 0.3) is 0 Å². The van der Waals surface area contributed by atoms with Gasteiger partial charge in [0.1, 0.15) is 0 Å². The van der Waals surface area contributed by atoms with Crippen LogP contribution >= 0.6 is 0 Å². The number of methoxy groups -OCH3 is 2. The van der Waals surface area contributed by atoms with Crippen LogP contribution in [0.4, 0.5) is 17.6 Å². The molecule has 1 aromatic rings. The number of hydrogen-bond acceptors (Lipinski definition) is 5. The second-order valence-electron chi connectivity index (χ2n) is 6.41. The first kappa shape index (κ1) is 21.8. The number of nitrogens with zero attached hydrogens (tertiary/aromatic N) is 1. The lowest BCUT2D eigenvalue weighted by atomic mass is 10.1. The number of benzene rings is 1. The Balaban J connectivity index is 1.93. The van der Waals surface area contributed by atoms with Gasteiger partial charge in [-0.2, -0.15) is 13.2 Å². The van der Waals surface area contributed by atoms with Gasteiger partial charge in [-0.3, -0.25) is 4.79 Å². The van der Waals surface area contributed by atoms with E-state index >= 15 is 0 Å². The predicted molar refractivity (Wildman–Crippen MR) is 89.9 cm³/mol. The minimum Gasteiger partial charge on any atom is -0.493 e. The van der Waals surface area contributed by atoms with Gasteiger partial charge in [-0.25, -0.2) is 9.18 Å². The maximum absolute atomic E-state index is 14.4. The molecule has 1 saturated heterocycles. The van der Waals surface area contributed by atoms with Crippen molar-refractivity contribution in [3.05, 3.63) is 23.8 Å². The highest BCUT2D eigenvalue weighted by Gasteiger charge is 2.47. The molecule has 1 heterocycles. The maximum atomic E-state index is 14.4. The Morgan fingerprint density at radius 3 is 2.54 bits per heavy atom. The van der Waals surface area contributed by atoms with Crippen molar-refractivity contribution in [3.8, 4) is 11.5 Å². The molecule has 1 fully saturated rings. The zero-order valence-electron chi connectivity index (χ0n) is 15.5. The van der Waals surface area contributed by atoms with E-state index in [-0.39, 0.29) is 49.8 Å². The number of likely N-dealkylation sites (tertiary alicyclic amines) is 1. The first-order valence-electron chi connectivity index (χ1n) is 8.49.